The van der Waals surface area contributed by atoms with Crippen LogP contribution in [0.4, 0.5) is 5.69 Å². The van der Waals surface area contributed by atoms with E-state index in [9.17, 15) is 0 Å². The van der Waals surface area contributed by atoms with Gasteiger partial charge in [-0.05, 0) is 42.5 Å². The Kier molecular flexibility index (Phi) is 2.40. The van der Waals surface area contributed by atoms with E-state index in [2.05, 4.69) is 31.2 Å². The molecule has 0 spiro atoms. The third kappa shape index (κ3) is 1.58. The topological polar surface area (TPSA) is 26.0 Å². The first-order valence-corrected chi connectivity index (χ1v) is 5.00. The summed E-state index contributed by atoms with van der Waals surface area (Å²) in [4.78, 5) is 0. The van der Waals surface area contributed by atoms with Gasteiger partial charge in [-0.25, -0.2) is 0 Å². The maximum Gasteiger partial charge on any atom is 0.0349 e. The molecule has 2 N–H and O–H groups in total. The molecule has 0 amide bonds. The molecule has 2 rings (SSSR count). The summed E-state index contributed by atoms with van der Waals surface area (Å²) in [6.45, 7) is 2.09. The predicted octanol–water partition coefficient (Wildman–Crippen LogP) is 3.31. The zero-order valence-electron chi connectivity index (χ0n) is 8.46. The van der Waals surface area contributed by atoms with Crippen LogP contribution in [-0.2, 0) is 0 Å². The second-order valence-corrected chi connectivity index (χ2v) is 3.68. The van der Waals surface area contributed by atoms with Crippen molar-refractivity contribution in [2.45, 2.75) is 19.8 Å². The fourth-order valence-corrected chi connectivity index (χ4v) is 1.83. The summed E-state index contributed by atoms with van der Waals surface area (Å²) in [5.74, 6) is 0. The molecule has 0 saturated carbocycles. The lowest BCUT2D eigenvalue weighted by atomic mass is 9.93. The van der Waals surface area contributed by atoms with Gasteiger partial charge in [0.2, 0.25) is 0 Å². The van der Waals surface area contributed by atoms with Crippen molar-refractivity contribution in [2.75, 3.05) is 5.73 Å². The largest absolute Gasteiger partial charge is 0.398 e. The Bertz CT molecular complexity index is 400. The van der Waals surface area contributed by atoms with Crippen molar-refractivity contribution in [3.05, 3.63) is 47.6 Å². The van der Waals surface area contributed by atoms with E-state index in [1.54, 1.807) is 0 Å². The minimum Gasteiger partial charge on any atom is -0.398 e. The average molecular weight is 185 g/mol. The first-order valence-electron chi connectivity index (χ1n) is 5.00. The molecule has 1 aliphatic rings. The standard InChI is InChI=1S/C13H15N/c1-10-12(8-5-9-13(10)14)11-6-3-2-4-7-11/h2-3,5-6,8-9H,4,7,14H2,1H3. The van der Waals surface area contributed by atoms with Crippen molar-refractivity contribution in [1.29, 1.82) is 0 Å². The van der Waals surface area contributed by atoms with Crippen LogP contribution in [0, 0.1) is 6.92 Å². The van der Waals surface area contributed by atoms with Gasteiger partial charge in [-0.2, -0.15) is 0 Å². The van der Waals surface area contributed by atoms with Crippen LogP contribution >= 0.6 is 0 Å². The van der Waals surface area contributed by atoms with Gasteiger partial charge >= 0.3 is 0 Å². The summed E-state index contributed by atoms with van der Waals surface area (Å²) in [5.41, 5.74) is 10.7. The van der Waals surface area contributed by atoms with Gasteiger partial charge < -0.3 is 5.73 Å². The van der Waals surface area contributed by atoms with Gasteiger partial charge in [0.15, 0.2) is 0 Å². The van der Waals surface area contributed by atoms with Crippen molar-refractivity contribution in [1.82, 2.24) is 0 Å². The molecule has 72 valence electrons. The third-order valence-electron chi connectivity index (χ3n) is 2.74. The third-order valence-corrected chi connectivity index (χ3v) is 2.74. The lowest BCUT2D eigenvalue weighted by molar-refractivity contribution is 1.05. The highest BCUT2D eigenvalue weighted by Gasteiger charge is 2.07. The maximum atomic E-state index is 5.88. The molecule has 1 aromatic rings. The Hall–Kier alpha value is -1.50. The Balaban J connectivity index is 2.45. The van der Waals surface area contributed by atoms with Gasteiger partial charge in [-0.1, -0.05) is 30.4 Å². The smallest absolute Gasteiger partial charge is 0.0349 e. The van der Waals surface area contributed by atoms with Crippen molar-refractivity contribution < 1.29 is 0 Å². The summed E-state index contributed by atoms with van der Waals surface area (Å²) in [6, 6.07) is 6.13. The number of allylic oxidation sites excluding steroid dienone is 4. The Labute approximate surface area is 84.9 Å². The molecule has 0 aromatic heterocycles. The molecule has 0 bridgehead atoms. The number of nitrogens with two attached hydrogens (primary N) is 1. The molecule has 1 heteroatoms. The zero-order valence-corrected chi connectivity index (χ0v) is 8.46. The van der Waals surface area contributed by atoms with Crippen molar-refractivity contribution in [3.63, 3.8) is 0 Å². The predicted molar refractivity (Wildman–Crippen MR) is 61.9 cm³/mol. The molecule has 1 aliphatic carbocycles. The van der Waals surface area contributed by atoms with Crippen LogP contribution in [0.1, 0.15) is 24.0 Å². The van der Waals surface area contributed by atoms with Crippen molar-refractivity contribution in [3.8, 4) is 0 Å². The molecule has 0 unspecified atom stereocenters. The average Bonchev–Trinajstić information content (AvgIpc) is 2.23. The van der Waals surface area contributed by atoms with Gasteiger partial charge in [0.1, 0.15) is 0 Å². The van der Waals surface area contributed by atoms with E-state index in [1.807, 2.05) is 12.1 Å². The quantitative estimate of drug-likeness (QED) is 0.667. The maximum absolute atomic E-state index is 5.88. The van der Waals surface area contributed by atoms with E-state index >= 15 is 0 Å². The molecule has 0 atom stereocenters. The molecule has 0 radical (unpaired) electrons. The Morgan fingerprint density at radius 2 is 2.14 bits per heavy atom. The first kappa shape index (κ1) is 9.07. The van der Waals surface area contributed by atoms with Gasteiger partial charge in [-0.15, -0.1) is 0 Å². The lowest BCUT2D eigenvalue weighted by Gasteiger charge is -2.13. The van der Waals surface area contributed by atoms with E-state index < -0.39 is 0 Å². The number of anilines is 1. The molecule has 0 aliphatic heterocycles. The second-order valence-electron chi connectivity index (χ2n) is 3.68. The second kappa shape index (κ2) is 3.70. The Morgan fingerprint density at radius 1 is 1.29 bits per heavy atom. The highest BCUT2D eigenvalue weighted by molar-refractivity contribution is 5.74. The van der Waals surface area contributed by atoms with E-state index in [1.165, 1.54) is 16.7 Å². The highest BCUT2D eigenvalue weighted by Crippen LogP contribution is 2.28. The molecule has 0 fully saturated rings. The molecular formula is C13H15N. The van der Waals surface area contributed by atoms with Crippen LogP contribution in [0.2, 0.25) is 0 Å². The minimum atomic E-state index is 0.887. The molecule has 0 heterocycles. The number of nitrogen functional groups attached to an aromatic ring is 1. The van der Waals surface area contributed by atoms with Gasteiger partial charge in [0, 0.05) is 5.69 Å². The first-order chi connectivity index (χ1) is 6.79. The van der Waals surface area contributed by atoms with Crippen LogP contribution in [0.3, 0.4) is 0 Å². The normalized spacial score (nSPS) is 15.4. The lowest BCUT2D eigenvalue weighted by Crippen LogP contribution is -1.96. The Morgan fingerprint density at radius 3 is 2.86 bits per heavy atom. The number of hydrogen-bond donors (Lipinski definition) is 1. The highest BCUT2D eigenvalue weighted by atomic mass is 14.6. The monoisotopic (exact) mass is 185 g/mol. The summed E-state index contributed by atoms with van der Waals surface area (Å²) >= 11 is 0. The fraction of sp³-hybridized carbons (Fsp3) is 0.231. The molecular weight excluding hydrogens is 170 g/mol. The summed E-state index contributed by atoms with van der Waals surface area (Å²) in [7, 11) is 0. The van der Waals surface area contributed by atoms with Crippen LogP contribution in [-0.4, -0.2) is 0 Å². The van der Waals surface area contributed by atoms with Gasteiger partial charge in [0.25, 0.3) is 0 Å². The summed E-state index contributed by atoms with van der Waals surface area (Å²) < 4.78 is 0. The summed E-state index contributed by atoms with van der Waals surface area (Å²) in [6.07, 6.45) is 8.78. The van der Waals surface area contributed by atoms with Crippen molar-refractivity contribution >= 4 is 11.3 Å². The van der Waals surface area contributed by atoms with E-state index in [0.717, 1.165) is 18.5 Å². The van der Waals surface area contributed by atoms with E-state index in [-0.39, 0.29) is 0 Å². The minimum absolute atomic E-state index is 0.887. The zero-order chi connectivity index (χ0) is 9.97. The fourth-order valence-electron chi connectivity index (χ4n) is 1.83. The van der Waals surface area contributed by atoms with E-state index in [0.29, 0.717) is 0 Å². The SMILES string of the molecule is Cc1c(N)cccc1C1=CC=CCC1. The molecule has 14 heavy (non-hydrogen) atoms. The van der Waals surface area contributed by atoms with Gasteiger partial charge in [0.05, 0.1) is 0 Å². The number of benzene rings is 1. The van der Waals surface area contributed by atoms with Crippen LogP contribution in [0.15, 0.2) is 36.4 Å². The molecule has 1 nitrogen and oxygen atoms in total. The summed E-state index contributed by atoms with van der Waals surface area (Å²) in [5, 5.41) is 0. The number of hydrogen-bond acceptors (Lipinski definition) is 1. The van der Waals surface area contributed by atoms with Crippen LogP contribution < -0.4 is 5.73 Å². The van der Waals surface area contributed by atoms with Crippen molar-refractivity contribution in [2.24, 2.45) is 0 Å². The van der Waals surface area contributed by atoms with Gasteiger partial charge in [-0.3, -0.25) is 0 Å². The molecule has 0 saturated heterocycles. The van der Waals surface area contributed by atoms with Crippen LogP contribution in [0.25, 0.3) is 5.57 Å². The van der Waals surface area contributed by atoms with E-state index in [4.69, 9.17) is 5.73 Å². The molecule has 1 aromatic carbocycles. The number of rotatable bonds is 1. The van der Waals surface area contributed by atoms with Crippen LogP contribution in [0.5, 0.6) is 0 Å².